The van der Waals surface area contributed by atoms with Crippen molar-refractivity contribution in [3.05, 3.63) is 52.6 Å². The number of alkyl halides is 3. The van der Waals surface area contributed by atoms with Crippen LogP contribution < -0.4 is 16.8 Å². The van der Waals surface area contributed by atoms with Crippen molar-refractivity contribution < 1.29 is 33.0 Å². The molecule has 1 fully saturated rings. The summed E-state index contributed by atoms with van der Waals surface area (Å²) >= 11 is 1.41. The summed E-state index contributed by atoms with van der Waals surface area (Å²) in [4.78, 5) is 22.0. The minimum Gasteiger partial charge on any atom is -0.481 e. The summed E-state index contributed by atoms with van der Waals surface area (Å²) in [5.74, 6) is -1.67. The van der Waals surface area contributed by atoms with Gasteiger partial charge in [0.1, 0.15) is 0 Å². The predicted octanol–water partition coefficient (Wildman–Crippen LogP) is 4.24. The third-order valence-corrected chi connectivity index (χ3v) is 7.07. The normalized spacial score (nSPS) is 15.1. The number of rotatable bonds is 5. The maximum absolute atomic E-state index is 13.6. The van der Waals surface area contributed by atoms with E-state index in [4.69, 9.17) is 31.3 Å². The molecule has 8 nitrogen and oxygen atoms in total. The van der Waals surface area contributed by atoms with Crippen molar-refractivity contribution in [1.29, 1.82) is 0 Å². The summed E-state index contributed by atoms with van der Waals surface area (Å²) in [7, 11) is 0. The van der Waals surface area contributed by atoms with E-state index in [1.807, 2.05) is 18.2 Å². The van der Waals surface area contributed by atoms with Gasteiger partial charge >= 0.3 is 6.18 Å². The number of nitrogens with one attached hydrogen (secondary N) is 1. The molecule has 0 radical (unpaired) electrons. The molecule has 1 saturated heterocycles. The number of nitrogens with two attached hydrogens (primary N) is 2. The average molecular weight is 557 g/mol. The molecule has 210 valence electrons. The van der Waals surface area contributed by atoms with Gasteiger partial charge in [-0.05, 0) is 47.7 Å². The number of halogens is 3. The van der Waals surface area contributed by atoms with Crippen LogP contribution in [0, 0.1) is 0 Å². The molecular formula is C26H35F3N4O4S. The average Bonchev–Trinajstić information content (AvgIpc) is 2.82. The topological polar surface area (TPSA) is 142 Å². The maximum Gasteiger partial charge on any atom is 0.416 e. The van der Waals surface area contributed by atoms with Crippen LogP contribution in [0.3, 0.4) is 0 Å². The number of nitrogens with zero attached hydrogens (tertiary/aromatic N) is 1. The molecule has 38 heavy (non-hydrogen) atoms. The molecule has 0 aromatic heterocycles. The minimum absolute atomic E-state index is 0.164. The third-order valence-electron chi connectivity index (χ3n) is 5.88. The SMILES string of the molecule is CC(=O)O.CC(=O)O.NCCN1CCC(Nc2cc(C(F)(F)F)cc3c2Cc2ccc(CN)cc2S3)CC1. The van der Waals surface area contributed by atoms with Crippen LogP contribution in [-0.2, 0) is 28.7 Å². The fourth-order valence-electron chi connectivity index (χ4n) is 4.19. The Labute approximate surface area is 224 Å². The van der Waals surface area contributed by atoms with Crippen LogP contribution in [0.2, 0.25) is 0 Å². The molecule has 2 aromatic rings. The van der Waals surface area contributed by atoms with Gasteiger partial charge in [-0.2, -0.15) is 13.2 Å². The van der Waals surface area contributed by atoms with Crippen molar-refractivity contribution >= 4 is 29.4 Å². The standard InChI is InChI=1S/C22H27F3N4S.2C2H4O2/c23-22(24,25)16-11-19(28-17-3-6-29(7-4-17)8-5-26)18-10-15-2-1-14(13-27)9-20(15)30-21(18)12-16;2*1-2(3)4/h1-2,9,11-12,17,28H,3-8,10,13,26-27H2;2*1H3,(H,3,4). The van der Waals surface area contributed by atoms with E-state index in [9.17, 15) is 13.2 Å². The second-order valence-corrected chi connectivity index (χ2v) is 10.1. The third kappa shape index (κ3) is 9.82. The summed E-state index contributed by atoms with van der Waals surface area (Å²) < 4.78 is 40.8. The molecule has 0 bridgehead atoms. The van der Waals surface area contributed by atoms with Gasteiger partial charge in [0.05, 0.1) is 5.56 Å². The Morgan fingerprint density at radius 3 is 2.18 bits per heavy atom. The van der Waals surface area contributed by atoms with E-state index >= 15 is 0 Å². The maximum atomic E-state index is 13.6. The first-order valence-corrected chi connectivity index (χ1v) is 13.0. The first kappa shape index (κ1) is 31.4. The number of hydrogen-bond donors (Lipinski definition) is 5. The number of benzene rings is 2. The van der Waals surface area contributed by atoms with Crippen molar-refractivity contribution in [2.24, 2.45) is 11.5 Å². The second kappa shape index (κ2) is 14.4. The fraction of sp³-hybridized carbons (Fsp3) is 0.462. The summed E-state index contributed by atoms with van der Waals surface area (Å²) in [5.41, 5.74) is 14.4. The van der Waals surface area contributed by atoms with E-state index in [0.29, 0.717) is 30.1 Å². The molecule has 0 amide bonds. The van der Waals surface area contributed by atoms with Crippen molar-refractivity contribution in [2.45, 2.75) is 61.7 Å². The lowest BCUT2D eigenvalue weighted by Crippen LogP contribution is -2.41. The summed E-state index contributed by atoms with van der Waals surface area (Å²) in [6.07, 6.45) is -1.96. The molecule has 7 N–H and O–H groups in total. The van der Waals surface area contributed by atoms with Crippen molar-refractivity contribution in [2.75, 3.05) is 31.5 Å². The highest BCUT2D eigenvalue weighted by Gasteiger charge is 2.34. The zero-order chi connectivity index (χ0) is 28.5. The first-order chi connectivity index (χ1) is 17.8. The van der Waals surface area contributed by atoms with Crippen LogP contribution >= 0.6 is 11.8 Å². The summed E-state index contributed by atoms with van der Waals surface area (Å²) in [5, 5.41) is 18.3. The molecular weight excluding hydrogens is 521 g/mol. The molecule has 0 atom stereocenters. The Morgan fingerprint density at radius 2 is 1.66 bits per heavy atom. The smallest absolute Gasteiger partial charge is 0.416 e. The van der Waals surface area contributed by atoms with Gasteiger partial charge in [-0.25, -0.2) is 0 Å². The second-order valence-electron chi connectivity index (χ2n) is 9.01. The Bertz CT molecular complexity index is 1090. The van der Waals surface area contributed by atoms with Gasteiger partial charge in [-0.3, -0.25) is 9.59 Å². The largest absolute Gasteiger partial charge is 0.481 e. The van der Waals surface area contributed by atoms with E-state index in [1.54, 1.807) is 0 Å². The molecule has 0 spiro atoms. The van der Waals surface area contributed by atoms with E-state index in [-0.39, 0.29) is 6.04 Å². The molecule has 12 heteroatoms. The van der Waals surface area contributed by atoms with Crippen LogP contribution in [-0.4, -0.2) is 59.3 Å². The number of piperidine rings is 1. The van der Waals surface area contributed by atoms with Crippen LogP contribution in [0.1, 0.15) is 48.9 Å². The molecule has 2 aliphatic heterocycles. The van der Waals surface area contributed by atoms with Gasteiger partial charge in [-0.1, -0.05) is 23.9 Å². The predicted molar refractivity (Wildman–Crippen MR) is 141 cm³/mol. The molecule has 2 aromatic carbocycles. The van der Waals surface area contributed by atoms with Gasteiger partial charge in [-0.15, -0.1) is 0 Å². The molecule has 2 aliphatic rings. The van der Waals surface area contributed by atoms with Gasteiger partial charge in [0, 0.05) is 74.5 Å². The Hall–Kier alpha value is -2.80. The van der Waals surface area contributed by atoms with Crippen molar-refractivity contribution in [1.82, 2.24) is 4.90 Å². The number of hydrogen-bond acceptors (Lipinski definition) is 7. The molecule has 0 aliphatic carbocycles. The number of carboxylic acids is 2. The number of likely N-dealkylation sites (tertiary alicyclic amines) is 1. The summed E-state index contributed by atoms with van der Waals surface area (Å²) in [6, 6.07) is 8.76. The zero-order valence-corrected chi connectivity index (χ0v) is 22.3. The van der Waals surface area contributed by atoms with Crippen LogP contribution in [0.5, 0.6) is 0 Å². The Kier molecular flexibility index (Phi) is 11.9. The van der Waals surface area contributed by atoms with Crippen LogP contribution in [0.25, 0.3) is 0 Å². The van der Waals surface area contributed by atoms with Crippen molar-refractivity contribution in [3.63, 3.8) is 0 Å². The van der Waals surface area contributed by atoms with Gasteiger partial charge in [0.2, 0.25) is 0 Å². The monoisotopic (exact) mass is 556 g/mol. The lowest BCUT2D eigenvalue weighted by Gasteiger charge is -2.34. The van der Waals surface area contributed by atoms with E-state index in [1.165, 1.54) is 23.9 Å². The minimum atomic E-state index is -4.38. The van der Waals surface area contributed by atoms with Crippen LogP contribution in [0.4, 0.5) is 18.9 Å². The number of anilines is 1. The lowest BCUT2D eigenvalue weighted by molar-refractivity contribution is -0.138. The first-order valence-electron chi connectivity index (χ1n) is 12.2. The lowest BCUT2D eigenvalue weighted by atomic mass is 9.97. The molecule has 4 rings (SSSR count). The fourth-order valence-corrected chi connectivity index (χ4v) is 5.40. The summed E-state index contributed by atoms with van der Waals surface area (Å²) in [6.45, 7) is 5.90. The van der Waals surface area contributed by atoms with E-state index in [0.717, 1.165) is 67.9 Å². The Balaban J connectivity index is 0.000000559. The zero-order valence-electron chi connectivity index (χ0n) is 21.5. The van der Waals surface area contributed by atoms with E-state index in [2.05, 4.69) is 10.2 Å². The number of fused-ring (bicyclic) bond motifs is 2. The van der Waals surface area contributed by atoms with Crippen molar-refractivity contribution in [3.8, 4) is 0 Å². The number of aliphatic carboxylic acids is 2. The highest BCUT2D eigenvalue weighted by molar-refractivity contribution is 7.99. The van der Waals surface area contributed by atoms with Crippen LogP contribution in [0.15, 0.2) is 40.1 Å². The highest BCUT2D eigenvalue weighted by Crippen LogP contribution is 2.46. The quantitative estimate of drug-likeness (QED) is 0.312. The van der Waals surface area contributed by atoms with Gasteiger partial charge < -0.3 is 31.9 Å². The molecule has 0 saturated carbocycles. The van der Waals surface area contributed by atoms with E-state index < -0.39 is 23.7 Å². The molecule has 0 unspecified atom stereocenters. The number of carbonyl (C=O) groups is 2. The number of carboxylic acid groups (broad SMARTS) is 2. The Morgan fingerprint density at radius 1 is 1.05 bits per heavy atom. The van der Waals surface area contributed by atoms with Gasteiger partial charge in [0.25, 0.3) is 11.9 Å². The van der Waals surface area contributed by atoms with Gasteiger partial charge in [0.15, 0.2) is 0 Å². The highest BCUT2D eigenvalue weighted by atomic mass is 32.2. The molecule has 2 heterocycles.